The first kappa shape index (κ1) is 14.0. The van der Waals surface area contributed by atoms with E-state index in [-0.39, 0.29) is 5.78 Å². The smallest absolute Gasteiger partial charge is 0.173 e. The SMILES string of the molecule is Cc1ccc(C(=O)CSc2cc3ccccc3[nH]2)cc1C. The minimum atomic E-state index is 0.168. The quantitative estimate of drug-likeness (QED) is 0.556. The molecule has 0 aliphatic carbocycles. The molecule has 0 fully saturated rings. The molecule has 0 spiro atoms. The molecule has 0 amide bonds. The summed E-state index contributed by atoms with van der Waals surface area (Å²) in [4.78, 5) is 15.6. The number of para-hydroxylation sites is 1. The molecule has 2 aromatic carbocycles. The lowest BCUT2D eigenvalue weighted by atomic mass is 10.0. The number of aromatic nitrogens is 1. The molecule has 0 radical (unpaired) electrons. The summed E-state index contributed by atoms with van der Waals surface area (Å²) in [6, 6.07) is 16.1. The maximum atomic E-state index is 12.3. The average molecular weight is 295 g/mol. The number of rotatable bonds is 4. The Balaban J connectivity index is 1.71. The predicted molar refractivity (Wildman–Crippen MR) is 89.3 cm³/mol. The van der Waals surface area contributed by atoms with Crippen LogP contribution in [-0.2, 0) is 0 Å². The van der Waals surface area contributed by atoms with Crippen molar-refractivity contribution in [2.75, 3.05) is 5.75 Å². The number of aromatic amines is 1. The second kappa shape index (κ2) is 5.78. The number of nitrogens with one attached hydrogen (secondary N) is 1. The van der Waals surface area contributed by atoms with Crippen LogP contribution in [0.3, 0.4) is 0 Å². The standard InChI is InChI=1S/C18H17NOS/c1-12-7-8-15(9-13(12)2)17(20)11-21-18-10-14-5-3-4-6-16(14)19-18/h3-10,19H,11H2,1-2H3. The van der Waals surface area contributed by atoms with Gasteiger partial charge in [0.1, 0.15) is 0 Å². The molecule has 0 aliphatic rings. The Kier molecular flexibility index (Phi) is 3.84. The van der Waals surface area contributed by atoms with Crippen LogP contribution in [0, 0.1) is 13.8 Å². The van der Waals surface area contributed by atoms with Crippen LogP contribution in [0.5, 0.6) is 0 Å². The van der Waals surface area contributed by atoms with Gasteiger partial charge in [0.2, 0.25) is 0 Å². The lowest BCUT2D eigenvalue weighted by Crippen LogP contribution is -2.03. The zero-order chi connectivity index (χ0) is 14.8. The molecule has 3 heteroatoms. The van der Waals surface area contributed by atoms with Crippen molar-refractivity contribution in [3.8, 4) is 0 Å². The van der Waals surface area contributed by atoms with Crippen LogP contribution >= 0.6 is 11.8 Å². The van der Waals surface area contributed by atoms with Crippen molar-refractivity contribution in [2.24, 2.45) is 0 Å². The molecule has 0 bridgehead atoms. The van der Waals surface area contributed by atoms with Crippen molar-refractivity contribution in [2.45, 2.75) is 18.9 Å². The van der Waals surface area contributed by atoms with E-state index in [0.29, 0.717) is 5.75 Å². The summed E-state index contributed by atoms with van der Waals surface area (Å²) in [5, 5.41) is 2.21. The number of hydrogen-bond acceptors (Lipinski definition) is 2. The maximum Gasteiger partial charge on any atom is 0.173 e. The fourth-order valence-corrected chi connectivity index (χ4v) is 3.11. The van der Waals surface area contributed by atoms with Crippen LogP contribution in [0.4, 0.5) is 0 Å². The number of ketones is 1. The lowest BCUT2D eigenvalue weighted by Gasteiger charge is -2.04. The van der Waals surface area contributed by atoms with Gasteiger partial charge in [0, 0.05) is 16.5 Å². The summed E-state index contributed by atoms with van der Waals surface area (Å²) in [6.07, 6.45) is 0. The number of carbonyl (C=O) groups excluding carboxylic acids is 1. The van der Waals surface area contributed by atoms with Crippen molar-refractivity contribution in [1.29, 1.82) is 0 Å². The molecule has 0 atom stereocenters. The van der Waals surface area contributed by atoms with Gasteiger partial charge < -0.3 is 4.98 Å². The van der Waals surface area contributed by atoms with Gasteiger partial charge >= 0.3 is 0 Å². The highest BCUT2D eigenvalue weighted by Crippen LogP contribution is 2.24. The third-order valence-electron chi connectivity index (χ3n) is 3.69. The van der Waals surface area contributed by atoms with Gasteiger partial charge in [0.25, 0.3) is 0 Å². The minimum absolute atomic E-state index is 0.168. The Morgan fingerprint density at radius 2 is 1.86 bits per heavy atom. The number of thioether (sulfide) groups is 1. The van der Waals surface area contributed by atoms with E-state index >= 15 is 0 Å². The fourth-order valence-electron chi connectivity index (χ4n) is 2.27. The molecule has 1 aromatic heterocycles. The molecule has 21 heavy (non-hydrogen) atoms. The van der Waals surface area contributed by atoms with Crippen LogP contribution in [0.1, 0.15) is 21.5 Å². The predicted octanol–water partition coefficient (Wildman–Crippen LogP) is 4.76. The number of fused-ring (bicyclic) bond motifs is 1. The Bertz CT molecular complexity index is 771. The number of benzene rings is 2. The number of H-pyrrole nitrogens is 1. The van der Waals surface area contributed by atoms with Gasteiger partial charge in [0.15, 0.2) is 5.78 Å². The van der Waals surface area contributed by atoms with Crippen LogP contribution in [0.25, 0.3) is 10.9 Å². The largest absolute Gasteiger partial charge is 0.350 e. The third-order valence-corrected chi connectivity index (χ3v) is 4.63. The zero-order valence-electron chi connectivity index (χ0n) is 12.1. The van der Waals surface area contributed by atoms with E-state index < -0.39 is 0 Å². The molecule has 1 heterocycles. The van der Waals surface area contributed by atoms with Crippen LogP contribution in [0.15, 0.2) is 53.6 Å². The Labute approximate surface area is 128 Å². The number of hydrogen-bond donors (Lipinski definition) is 1. The molecule has 106 valence electrons. The summed E-state index contributed by atoms with van der Waals surface area (Å²) in [7, 11) is 0. The molecular formula is C18H17NOS. The monoisotopic (exact) mass is 295 g/mol. The molecule has 3 aromatic rings. The molecular weight excluding hydrogens is 278 g/mol. The van der Waals surface area contributed by atoms with Crippen LogP contribution in [-0.4, -0.2) is 16.5 Å². The van der Waals surface area contributed by atoms with Gasteiger partial charge in [-0.3, -0.25) is 4.79 Å². The molecule has 2 nitrogen and oxygen atoms in total. The number of carbonyl (C=O) groups is 1. The van der Waals surface area contributed by atoms with E-state index in [1.165, 1.54) is 10.9 Å². The third kappa shape index (κ3) is 3.03. The van der Waals surface area contributed by atoms with Crippen LogP contribution < -0.4 is 0 Å². The average Bonchev–Trinajstić information content (AvgIpc) is 2.90. The lowest BCUT2D eigenvalue weighted by molar-refractivity contribution is 0.102. The van der Waals surface area contributed by atoms with Gasteiger partial charge in [-0.2, -0.15) is 0 Å². The topological polar surface area (TPSA) is 32.9 Å². The highest BCUT2D eigenvalue weighted by molar-refractivity contribution is 7.99. The van der Waals surface area contributed by atoms with Crippen molar-refractivity contribution < 1.29 is 4.79 Å². The van der Waals surface area contributed by atoms with E-state index in [1.54, 1.807) is 11.8 Å². The molecule has 0 aliphatic heterocycles. The number of Topliss-reactive ketones (excluding diaryl/α,β-unsaturated/α-hetero) is 1. The molecule has 0 saturated carbocycles. The van der Waals surface area contributed by atoms with E-state index in [9.17, 15) is 4.79 Å². The number of aryl methyl sites for hydroxylation is 2. The minimum Gasteiger partial charge on any atom is -0.350 e. The Hall–Kier alpha value is -2.00. The molecule has 0 unspecified atom stereocenters. The molecule has 3 rings (SSSR count). The van der Waals surface area contributed by atoms with Gasteiger partial charge in [-0.25, -0.2) is 0 Å². The normalized spacial score (nSPS) is 11.0. The zero-order valence-corrected chi connectivity index (χ0v) is 13.0. The van der Waals surface area contributed by atoms with Gasteiger partial charge in [-0.05, 0) is 43.2 Å². The van der Waals surface area contributed by atoms with E-state index in [1.807, 2.05) is 43.3 Å². The van der Waals surface area contributed by atoms with Gasteiger partial charge in [0.05, 0.1) is 10.8 Å². The summed E-state index contributed by atoms with van der Waals surface area (Å²) in [5.41, 5.74) is 4.28. The first-order chi connectivity index (χ1) is 10.1. The first-order valence-electron chi connectivity index (χ1n) is 6.94. The van der Waals surface area contributed by atoms with Crippen LogP contribution in [0.2, 0.25) is 0 Å². The highest BCUT2D eigenvalue weighted by Gasteiger charge is 2.09. The summed E-state index contributed by atoms with van der Waals surface area (Å²) >= 11 is 1.55. The van der Waals surface area contributed by atoms with Crippen molar-refractivity contribution in [1.82, 2.24) is 4.98 Å². The second-order valence-electron chi connectivity index (χ2n) is 5.23. The van der Waals surface area contributed by atoms with Gasteiger partial charge in [-0.1, -0.05) is 30.3 Å². The van der Waals surface area contributed by atoms with E-state index in [2.05, 4.69) is 24.0 Å². The van der Waals surface area contributed by atoms with E-state index in [4.69, 9.17) is 0 Å². The Morgan fingerprint density at radius 1 is 1.05 bits per heavy atom. The summed E-state index contributed by atoms with van der Waals surface area (Å²) in [5.74, 6) is 0.622. The van der Waals surface area contributed by atoms with E-state index in [0.717, 1.165) is 21.7 Å². The first-order valence-corrected chi connectivity index (χ1v) is 7.93. The van der Waals surface area contributed by atoms with Crippen molar-refractivity contribution >= 4 is 28.4 Å². The highest BCUT2D eigenvalue weighted by atomic mass is 32.2. The maximum absolute atomic E-state index is 12.3. The molecule has 0 saturated heterocycles. The second-order valence-corrected chi connectivity index (χ2v) is 6.25. The van der Waals surface area contributed by atoms with Crippen molar-refractivity contribution in [3.63, 3.8) is 0 Å². The molecule has 1 N–H and O–H groups in total. The van der Waals surface area contributed by atoms with Crippen molar-refractivity contribution in [3.05, 3.63) is 65.2 Å². The summed E-state index contributed by atoms with van der Waals surface area (Å²) in [6.45, 7) is 4.10. The summed E-state index contributed by atoms with van der Waals surface area (Å²) < 4.78 is 0. The Morgan fingerprint density at radius 3 is 2.62 bits per heavy atom. The fraction of sp³-hybridized carbons (Fsp3) is 0.167. The van der Waals surface area contributed by atoms with Gasteiger partial charge in [-0.15, -0.1) is 11.8 Å².